The fourth-order valence-corrected chi connectivity index (χ4v) is 3.59. The first-order chi connectivity index (χ1) is 13.6. The summed E-state index contributed by atoms with van der Waals surface area (Å²) in [5.74, 6) is 2.42. The Morgan fingerprint density at radius 2 is 2.18 bits per heavy atom. The van der Waals surface area contributed by atoms with Crippen molar-refractivity contribution < 1.29 is 9.32 Å². The molecule has 1 amide bonds. The van der Waals surface area contributed by atoms with Crippen molar-refractivity contribution in [2.24, 2.45) is 5.92 Å². The standard InChI is InChI=1S/C17H20N8O2S/c1-3-13-21-16(27-24-13)12-8-18-10(2)20-14(12)25-6-4-11(5-7-25)15(26)22-17-23-19-9-28-17/h8-9,11H,3-7H2,1-2H3,(H,22,23,26). The summed E-state index contributed by atoms with van der Waals surface area (Å²) in [6.07, 6.45) is 3.86. The van der Waals surface area contributed by atoms with Crippen LogP contribution in [0.4, 0.5) is 10.9 Å². The number of nitrogens with zero attached hydrogens (tertiary/aromatic N) is 7. The Labute approximate surface area is 165 Å². The first kappa shape index (κ1) is 18.4. The number of hydrogen-bond donors (Lipinski definition) is 1. The first-order valence-corrected chi connectivity index (χ1v) is 10.0. The van der Waals surface area contributed by atoms with Gasteiger partial charge in [0.05, 0.1) is 0 Å². The summed E-state index contributed by atoms with van der Waals surface area (Å²) in [7, 11) is 0. The lowest BCUT2D eigenvalue weighted by molar-refractivity contribution is -0.120. The zero-order valence-electron chi connectivity index (χ0n) is 15.6. The fourth-order valence-electron chi connectivity index (χ4n) is 3.15. The quantitative estimate of drug-likeness (QED) is 0.685. The van der Waals surface area contributed by atoms with Crippen LogP contribution in [0.15, 0.2) is 16.2 Å². The number of aromatic nitrogens is 6. The molecule has 4 heterocycles. The van der Waals surface area contributed by atoms with Crippen molar-refractivity contribution in [3.05, 3.63) is 23.4 Å². The zero-order valence-corrected chi connectivity index (χ0v) is 16.4. The number of rotatable bonds is 5. The van der Waals surface area contributed by atoms with Crippen molar-refractivity contribution in [2.45, 2.75) is 33.1 Å². The lowest BCUT2D eigenvalue weighted by atomic mass is 9.96. The highest BCUT2D eigenvalue weighted by Crippen LogP contribution is 2.31. The van der Waals surface area contributed by atoms with E-state index in [4.69, 9.17) is 4.52 Å². The molecular formula is C17H20N8O2S. The van der Waals surface area contributed by atoms with Crippen LogP contribution in [0.5, 0.6) is 0 Å². The van der Waals surface area contributed by atoms with Crippen molar-refractivity contribution in [1.82, 2.24) is 30.3 Å². The van der Waals surface area contributed by atoms with Crippen LogP contribution in [-0.2, 0) is 11.2 Å². The van der Waals surface area contributed by atoms with Gasteiger partial charge in [-0.15, -0.1) is 10.2 Å². The number of carbonyl (C=O) groups is 1. The van der Waals surface area contributed by atoms with E-state index < -0.39 is 0 Å². The predicted octanol–water partition coefficient (Wildman–Crippen LogP) is 2.10. The second-order valence-corrected chi connectivity index (χ2v) is 7.35. The normalized spacial score (nSPS) is 15.0. The second kappa shape index (κ2) is 7.97. The van der Waals surface area contributed by atoms with Crippen molar-refractivity contribution in [3.63, 3.8) is 0 Å². The van der Waals surface area contributed by atoms with Gasteiger partial charge in [-0.3, -0.25) is 4.79 Å². The topological polar surface area (TPSA) is 123 Å². The lowest BCUT2D eigenvalue weighted by Gasteiger charge is -2.32. The van der Waals surface area contributed by atoms with E-state index in [1.54, 1.807) is 11.7 Å². The van der Waals surface area contributed by atoms with Crippen LogP contribution in [0.2, 0.25) is 0 Å². The summed E-state index contributed by atoms with van der Waals surface area (Å²) >= 11 is 1.31. The number of anilines is 2. The monoisotopic (exact) mass is 400 g/mol. The fraction of sp³-hybridized carbons (Fsp3) is 0.471. The number of amides is 1. The van der Waals surface area contributed by atoms with Crippen LogP contribution in [0, 0.1) is 12.8 Å². The van der Waals surface area contributed by atoms with Gasteiger partial charge in [-0.2, -0.15) is 4.98 Å². The van der Waals surface area contributed by atoms with Gasteiger partial charge in [-0.25, -0.2) is 9.97 Å². The minimum atomic E-state index is -0.0679. The van der Waals surface area contributed by atoms with Crippen LogP contribution in [-0.4, -0.2) is 49.3 Å². The maximum Gasteiger partial charge on any atom is 0.263 e. The third-order valence-corrected chi connectivity index (χ3v) is 5.27. The Morgan fingerprint density at radius 3 is 2.86 bits per heavy atom. The van der Waals surface area contributed by atoms with E-state index in [2.05, 4.69) is 40.5 Å². The third-order valence-electron chi connectivity index (χ3n) is 4.66. The summed E-state index contributed by atoms with van der Waals surface area (Å²) < 4.78 is 5.39. The number of carbonyl (C=O) groups excluding carboxylic acids is 1. The third kappa shape index (κ3) is 3.84. The van der Waals surface area contributed by atoms with Crippen LogP contribution >= 0.6 is 11.3 Å². The average Bonchev–Trinajstić information content (AvgIpc) is 3.40. The minimum absolute atomic E-state index is 0.0139. The van der Waals surface area contributed by atoms with Gasteiger partial charge in [0, 0.05) is 31.6 Å². The second-order valence-electron chi connectivity index (χ2n) is 6.52. The van der Waals surface area contributed by atoms with Crippen LogP contribution < -0.4 is 10.2 Å². The van der Waals surface area contributed by atoms with Gasteiger partial charge in [-0.05, 0) is 19.8 Å². The molecule has 0 atom stereocenters. The summed E-state index contributed by atoms with van der Waals surface area (Å²) in [6, 6.07) is 0. The molecule has 10 nitrogen and oxygen atoms in total. The number of hydrogen-bond acceptors (Lipinski definition) is 10. The summed E-state index contributed by atoms with van der Waals surface area (Å²) in [5.41, 5.74) is 2.31. The molecule has 28 heavy (non-hydrogen) atoms. The zero-order chi connectivity index (χ0) is 19.5. The summed E-state index contributed by atoms with van der Waals surface area (Å²) in [4.78, 5) is 27.9. The smallest absolute Gasteiger partial charge is 0.263 e. The molecule has 1 aliphatic heterocycles. The van der Waals surface area contributed by atoms with Crippen molar-refractivity contribution in [3.8, 4) is 11.5 Å². The molecule has 146 valence electrons. The molecule has 11 heteroatoms. The van der Waals surface area contributed by atoms with E-state index in [0.29, 0.717) is 42.2 Å². The van der Waals surface area contributed by atoms with Crippen molar-refractivity contribution in [1.29, 1.82) is 0 Å². The molecule has 1 N–H and O–H groups in total. The Hall–Kier alpha value is -2.95. The van der Waals surface area contributed by atoms with E-state index in [-0.39, 0.29) is 11.8 Å². The molecule has 3 aromatic rings. The Morgan fingerprint density at radius 1 is 1.36 bits per heavy atom. The van der Waals surface area contributed by atoms with E-state index in [1.807, 2.05) is 13.8 Å². The molecule has 0 radical (unpaired) electrons. The Bertz CT molecular complexity index is 950. The van der Waals surface area contributed by atoms with Crippen LogP contribution in [0.25, 0.3) is 11.5 Å². The van der Waals surface area contributed by atoms with E-state index in [0.717, 1.165) is 24.2 Å². The highest BCUT2D eigenvalue weighted by Gasteiger charge is 2.28. The number of piperidine rings is 1. The van der Waals surface area contributed by atoms with Gasteiger partial charge < -0.3 is 14.7 Å². The molecule has 1 aliphatic rings. The molecule has 0 unspecified atom stereocenters. The maximum absolute atomic E-state index is 12.4. The minimum Gasteiger partial charge on any atom is -0.356 e. The van der Waals surface area contributed by atoms with Crippen LogP contribution in [0.1, 0.15) is 31.4 Å². The van der Waals surface area contributed by atoms with Crippen molar-refractivity contribution in [2.75, 3.05) is 23.3 Å². The Balaban J connectivity index is 1.48. The lowest BCUT2D eigenvalue weighted by Crippen LogP contribution is -2.39. The molecular weight excluding hydrogens is 380 g/mol. The number of nitrogens with one attached hydrogen (secondary N) is 1. The molecule has 0 aromatic carbocycles. The average molecular weight is 400 g/mol. The molecule has 0 bridgehead atoms. The largest absolute Gasteiger partial charge is 0.356 e. The maximum atomic E-state index is 12.4. The van der Waals surface area contributed by atoms with Gasteiger partial charge in [0.1, 0.15) is 22.7 Å². The highest BCUT2D eigenvalue weighted by molar-refractivity contribution is 7.13. The summed E-state index contributed by atoms with van der Waals surface area (Å²) in [6.45, 7) is 5.22. The number of aryl methyl sites for hydroxylation is 2. The summed E-state index contributed by atoms with van der Waals surface area (Å²) in [5, 5.41) is 14.9. The predicted molar refractivity (Wildman–Crippen MR) is 103 cm³/mol. The first-order valence-electron chi connectivity index (χ1n) is 9.12. The Kier molecular flexibility index (Phi) is 5.24. The molecule has 0 aliphatic carbocycles. The van der Waals surface area contributed by atoms with E-state index in [1.165, 1.54) is 11.3 Å². The molecule has 0 saturated carbocycles. The molecule has 0 spiro atoms. The van der Waals surface area contributed by atoms with E-state index >= 15 is 0 Å². The van der Waals surface area contributed by atoms with Gasteiger partial charge in [0.25, 0.3) is 5.89 Å². The van der Waals surface area contributed by atoms with Crippen LogP contribution in [0.3, 0.4) is 0 Å². The SMILES string of the molecule is CCc1noc(-c2cnc(C)nc2N2CCC(C(=O)Nc3nncs3)CC2)n1. The van der Waals surface area contributed by atoms with Gasteiger partial charge in [-0.1, -0.05) is 23.4 Å². The van der Waals surface area contributed by atoms with Gasteiger partial charge >= 0.3 is 0 Å². The molecule has 4 rings (SSSR count). The molecule has 3 aromatic heterocycles. The highest BCUT2D eigenvalue weighted by atomic mass is 32.1. The van der Waals surface area contributed by atoms with Gasteiger partial charge in [0.2, 0.25) is 11.0 Å². The van der Waals surface area contributed by atoms with Crippen molar-refractivity contribution >= 4 is 28.2 Å². The van der Waals surface area contributed by atoms with E-state index in [9.17, 15) is 4.79 Å². The molecule has 1 saturated heterocycles. The molecule has 1 fully saturated rings. The van der Waals surface area contributed by atoms with Gasteiger partial charge in [0.15, 0.2) is 5.82 Å².